The third-order valence-electron chi connectivity index (χ3n) is 6.71. The van der Waals surface area contributed by atoms with Crippen molar-refractivity contribution in [3.63, 3.8) is 0 Å². The molecule has 0 aromatic heterocycles. The van der Waals surface area contributed by atoms with Crippen LogP contribution >= 0.6 is 0 Å². The van der Waals surface area contributed by atoms with Gasteiger partial charge < -0.3 is 40.2 Å². The number of esters is 1. The van der Waals surface area contributed by atoms with E-state index in [2.05, 4.69) is 20.1 Å². The number of benzene rings is 3. The Morgan fingerprint density at radius 1 is 0.851 bits per heavy atom. The highest BCUT2D eigenvalue weighted by molar-refractivity contribution is 6.39. The van der Waals surface area contributed by atoms with Crippen LogP contribution < -0.4 is 20.3 Å². The first kappa shape index (κ1) is 35.4. The zero-order valence-corrected chi connectivity index (χ0v) is 25.4. The number of carbonyl (C=O) groups excluding carboxylic acids is 4. The second-order valence-electron chi connectivity index (χ2n) is 9.82. The van der Waals surface area contributed by atoms with Gasteiger partial charge in [0, 0.05) is 18.7 Å². The van der Waals surface area contributed by atoms with Gasteiger partial charge in [0.1, 0.15) is 23.1 Å². The van der Waals surface area contributed by atoms with E-state index >= 15 is 0 Å². The number of phenolic OH excluding ortho intramolecular Hbond substituents is 1. The van der Waals surface area contributed by atoms with Crippen LogP contribution in [0, 0.1) is 0 Å². The third-order valence-corrected chi connectivity index (χ3v) is 6.71. The predicted molar refractivity (Wildman–Crippen MR) is 165 cm³/mol. The van der Waals surface area contributed by atoms with E-state index in [0.29, 0.717) is 18.4 Å². The molecular weight excluding hydrogens is 618 g/mol. The van der Waals surface area contributed by atoms with E-state index < -0.39 is 41.9 Å². The summed E-state index contributed by atoms with van der Waals surface area (Å²) in [6, 6.07) is 14.5. The van der Waals surface area contributed by atoms with Gasteiger partial charge in [0.15, 0.2) is 0 Å². The van der Waals surface area contributed by atoms with Crippen LogP contribution in [0.4, 0.5) is 16.2 Å². The maximum atomic E-state index is 13.0. The van der Waals surface area contributed by atoms with Crippen LogP contribution in [0.1, 0.15) is 39.1 Å². The lowest BCUT2D eigenvalue weighted by atomic mass is 10.0. The van der Waals surface area contributed by atoms with Crippen LogP contribution in [-0.4, -0.2) is 84.5 Å². The van der Waals surface area contributed by atoms with Gasteiger partial charge in [0.25, 0.3) is 0 Å². The molecule has 47 heavy (non-hydrogen) atoms. The molecule has 0 aliphatic carbocycles. The molecule has 3 aromatic rings. The van der Waals surface area contributed by atoms with Gasteiger partial charge >= 0.3 is 29.9 Å². The summed E-state index contributed by atoms with van der Waals surface area (Å²) >= 11 is 0. The fraction of sp³-hybridized carbons (Fsp3) is 0.250. The number of alkyl carbamates (subject to hydrolysis) is 1. The molecule has 0 radical (unpaired) electrons. The molecule has 5 N–H and O–H groups in total. The van der Waals surface area contributed by atoms with E-state index in [1.807, 2.05) is 0 Å². The Hall–Kier alpha value is -6.12. The number of aliphatic carboxylic acids is 1. The van der Waals surface area contributed by atoms with Crippen LogP contribution in [0.5, 0.6) is 11.5 Å². The smallest absolute Gasteiger partial charge is 0.407 e. The number of nitrogens with zero attached hydrogens (tertiary/aromatic N) is 1. The van der Waals surface area contributed by atoms with Crippen LogP contribution in [-0.2, 0) is 30.3 Å². The molecule has 0 fully saturated rings. The number of anilines is 2. The molecule has 1 atom stereocenters. The lowest BCUT2D eigenvalue weighted by molar-refractivity contribution is -0.148. The number of carboxylic acid groups (broad SMARTS) is 2. The van der Waals surface area contributed by atoms with Crippen molar-refractivity contribution in [1.82, 2.24) is 10.6 Å². The second kappa shape index (κ2) is 16.8. The topological polar surface area (TPSA) is 218 Å². The number of nitrogens with one attached hydrogen (secondary N) is 2. The van der Waals surface area contributed by atoms with Gasteiger partial charge in [-0.1, -0.05) is 30.3 Å². The molecule has 0 saturated carbocycles. The molecule has 0 unspecified atom stereocenters. The van der Waals surface area contributed by atoms with Crippen molar-refractivity contribution in [3.05, 3.63) is 83.4 Å². The second-order valence-corrected chi connectivity index (χ2v) is 9.82. The Morgan fingerprint density at radius 3 is 2.19 bits per heavy atom. The number of unbranched alkanes of at least 4 members (excludes halogenated alkanes) is 1. The van der Waals surface area contributed by atoms with E-state index in [0.717, 1.165) is 12.0 Å². The first-order chi connectivity index (χ1) is 22.5. The zero-order chi connectivity index (χ0) is 34.5. The fourth-order valence-corrected chi connectivity index (χ4v) is 4.43. The molecule has 0 aliphatic rings. The molecular formula is C32H33N3O12. The average molecular weight is 652 g/mol. The quantitative estimate of drug-likeness (QED) is 0.0966. The summed E-state index contributed by atoms with van der Waals surface area (Å²) in [6.45, 7) is 0.372. The van der Waals surface area contributed by atoms with Crippen molar-refractivity contribution in [2.75, 3.05) is 32.3 Å². The molecule has 0 heterocycles. The van der Waals surface area contributed by atoms with E-state index in [4.69, 9.17) is 4.74 Å². The standard InChI is InChI=1S/C32H33N3O12/c1-45-31(43)26-24(36)10-7-11-25(26)47-17-6-5-16-33-27(37)22(34-32(44)46-2)18-19-12-14-20(15-13-19)35(28(38)30(41)42)23-9-4-3-8-21(23)29(39)40/h3-4,7-15,22,36H,5-6,16-18H2,1-2H3,(H,33,37)(H,34,44)(H,39,40)(H,41,42)/t22-/m0/s1. The largest absolute Gasteiger partial charge is 0.507 e. The summed E-state index contributed by atoms with van der Waals surface area (Å²) in [4.78, 5) is 73.6. The molecule has 0 bridgehead atoms. The minimum absolute atomic E-state index is 0.0171. The van der Waals surface area contributed by atoms with Crippen molar-refractivity contribution in [2.45, 2.75) is 25.3 Å². The minimum atomic E-state index is -1.80. The summed E-state index contributed by atoms with van der Waals surface area (Å²) in [6.07, 6.45) is 0.0508. The van der Waals surface area contributed by atoms with Crippen LogP contribution in [0.2, 0.25) is 0 Å². The molecule has 15 nitrogen and oxygen atoms in total. The van der Waals surface area contributed by atoms with E-state index in [1.54, 1.807) is 0 Å². The first-order valence-electron chi connectivity index (χ1n) is 14.1. The molecule has 0 saturated heterocycles. The van der Waals surface area contributed by atoms with Gasteiger partial charge in [-0.3, -0.25) is 14.5 Å². The normalized spacial score (nSPS) is 11.0. The number of rotatable bonds is 14. The van der Waals surface area contributed by atoms with Gasteiger partial charge in [-0.2, -0.15) is 0 Å². The Bertz CT molecular complexity index is 1620. The number of carboxylic acids is 2. The van der Waals surface area contributed by atoms with Gasteiger partial charge in [-0.15, -0.1) is 0 Å². The highest BCUT2D eigenvalue weighted by atomic mass is 16.5. The summed E-state index contributed by atoms with van der Waals surface area (Å²) < 4.78 is 14.9. The molecule has 3 amide bonds. The van der Waals surface area contributed by atoms with Gasteiger partial charge in [-0.05, 0) is 54.8 Å². The summed E-state index contributed by atoms with van der Waals surface area (Å²) in [5.74, 6) is -5.96. The Balaban J connectivity index is 1.66. The van der Waals surface area contributed by atoms with Crippen molar-refractivity contribution in [1.29, 1.82) is 0 Å². The number of para-hydroxylation sites is 1. The Kier molecular flexibility index (Phi) is 12.6. The van der Waals surface area contributed by atoms with E-state index in [9.17, 15) is 44.1 Å². The summed E-state index contributed by atoms with van der Waals surface area (Å²) in [7, 11) is 2.32. The van der Waals surface area contributed by atoms with Crippen molar-refractivity contribution < 1.29 is 58.3 Å². The molecule has 0 spiro atoms. The van der Waals surface area contributed by atoms with E-state index in [1.165, 1.54) is 73.8 Å². The van der Waals surface area contributed by atoms with Crippen molar-refractivity contribution >= 4 is 47.2 Å². The summed E-state index contributed by atoms with van der Waals surface area (Å²) in [5, 5.41) is 34.1. The number of aromatic hydroxyl groups is 1. The van der Waals surface area contributed by atoms with Crippen molar-refractivity contribution in [3.8, 4) is 11.5 Å². The monoisotopic (exact) mass is 651 g/mol. The molecule has 3 rings (SSSR count). The van der Waals surface area contributed by atoms with Crippen LogP contribution in [0.3, 0.4) is 0 Å². The van der Waals surface area contributed by atoms with Crippen molar-refractivity contribution in [2.24, 2.45) is 0 Å². The number of aromatic carboxylic acids is 1. The van der Waals surface area contributed by atoms with Crippen LogP contribution in [0.25, 0.3) is 0 Å². The third kappa shape index (κ3) is 9.43. The SMILES string of the molecule is COC(=O)N[C@@H](Cc1ccc(N(C(=O)C(=O)O)c2ccccc2C(=O)O)cc1)C(=O)NCCCCOc1cccc(O)c1C(=O)OC. The minimum Gasteiger partial charge on any atom is -0.507 e. The molecule has 0 aliphatic heterocycles. The number of carbonyl (C=O) groups is 6. The predicted octanol–water partition coefficient (Wildman–Crippen LogP) is 2.87. The lowest BCUT2D eigenvalue weighted by Crippen LogP contribution is -2.48. The highest BCUT2D eigenvalue weighted by Gasteiger charge is 2.28. The Labute approximate surface area is 268 Å². The van der Waals surface area contributed by atoms with Gasteiger partial charge in [0.05, 0.1) is 32.1 Å². The summed E-state index contributed by atoms with van der Waals surface area (Å²) in [5.41, 5.74) is 0.0336. The maximum absolute atomic E-state index is 13.0. The van der Waals surface area contributed by atoms with Gasteiger partial charge in [-0.25, -0.2) is 19.2 Å². The molecule has 248 valence electrons. The number of phenols is 1. The lowest BCUT2D eigenvalue weighted by Gasteiger charge is -2.23. The average Bonchev–Trinajstić information content (AvgIpc) is 3.06. The molecule has 15 heteroatoms. The van der Waals surface area contributed by atoms with Gasteiger partial charge in [0.2, 0.25) is 5.91 Å². The zero-order valence-electron chi connectivity index (χ0n) is 25.4. The number of ether oxygens (including phenoxy) is 3. The van der Waals surface area contributed by atoms with E-state index in [-0.39, 0.29) is 53.6 Å². The van der Waals surface area contributed by atoms with Crippen LogP contribution in [0.15, 0.2) is 66.7 Å². The fourth-order valence-electron chi connectivity index (χ4n) is 4.43. The number of methoxy groups -OCH3 is 2. The highest BCUT2D eigenvalue weighted by Crippen LogP contribution is 2.30. The maximum Gasteiger partial charge on any atom is 0.407 e. The number of hydrogen-bond donors (Lipinski definition) is 5. The molecule has 3 aromatic carbocycles. The Morgan fingerprint density at radius 2 is 1.55 bits per heavy atom. The number of amides is 3. The number of hydrogen-bond acceptors (Lipinski definition) is 10. The first-order valence-corrected chi connectivity index (χ1v) is 14.1.